The normalized spacial score (nSPS) is 16.4. The first kappa shape index (κ1) is 24.1. The number of hydrogen-bond donors (Lipinski definition) is 3. The van der Waals surface area contributed by atoms with Crippen LogP contribution in [0, 0.1) is 0 Å². The Labute approximate surface area is 175 Å². The van der Waals surface area contributed by atoms with Gasteiger partial charge in [-0.2, -0.15) is 0 Å². The van der Waals surface area contributed by atoms with Gasteiger partial charge in [0, 0.05) is 24.8 Å². The fourth-order valence-electron chi connectivity index (χ4n) is 3.30. The topological polar surface area (TPSA) is 109 Å². The van der Waals surface area contributed by atoms with E-state index in [0.717, 1.165) is 19.4 Å². The smallest absolute Gasteiger partial charge is 0.329 e. The van der Waals surface area contributed by atoms with Gasteiger partial charge in [-0.15, -0.1) is 24.8 Å². The molecule has 0 bridgehead atoms. The summed E-state index contributed by atoms with van der Waals surface area (Å²) in [5.41, 5.74) is 0.120. The Balaban J connectivity index is 0.00000196. The molecule has 1 atom stereocenters. The van der Waals surface area contributed by atoms with E-state index >= 15 is 0 Å². The van der Waals surface area contributed by atoms with Gasteiger partial charge in [-0.3, -0.25) is 19.1 Å². The molecule has 0 aliphatic carbocycles. The first-order valence-electron chi connectivity index (χ1n) is 9.11. The van der Waals surface area contributed by atoms with E-state index in [0.29, 0.717) is 18.8 Å². The predicted octanol–water partition coefficient (Wildman–Crippen LogP) is 1.55. The number of pyridine rings is 1. The van der Waals surface area contributed by atoms with Gasteiger partial charge < -0.3 is 10.6 Å². The first-order valence-corrected chi connectivity index (χ1v) is 9.11. The highest BCUT2D eigenvalue weighted by Gasteiger charge is 2.22. The van der Waals surface area contributed by atoms with Crippen LogP contribution in [-0.4, -0.2) is 39.6 Å². The van der Waals surface area contributed by atoms with Crippen molar-refractivity contribution in [3.8, 4) is 0 Å². The van der Waals surface area contributed by atoms with Crippen molar-refractivity contribution >= 4 is 41.8 Å². The van der Waals surface area contributed by atoms with E-state index in [1.54, 1.807) is 13.0 Å². The number of amides is 1. The molecule has 8 nitrogen and oxygen atoms in total. The number of nitrogens with one attached hydrogen (secondary N) is 3. The van der Waals surface area contributed by atoms with E-state index in [4.69, 9.17) is 0 Å². The minimum atomic E-state index is -0.579. The SMILES string of the molecule is CCn1c(=O)[nH]c(=O)c2c(C(=O)N[C@H]3CCCNC3)cc(C(C)C)nc21.Cl.Cl. The van der Waals surface area contributed by atoms with Crippen LogP contribution in [0.2, 0.25) is 0 Å². The minimum Gasteiger partial charge on any atom is -0.348 e. The van der Waals surface area contributed by atoms with Gasteiger partial charge in [0.15, 0.2) is 5.65 Å². The van der Waals surface area contributed by atoms with Crippen LogP contribution in [0.3, 0.4) is 0 Å². The van der Waals surface area contributed by atoms with E-state index in [1.165, 1.54) is 4.57 Å². The van der Waals surface area contributed by atoms with Crippen molar-refractivity contribution in [3.63, 3.8) is 0 Å². The minimum absolute atomic E-state index is 0. The molecule has 28 heavy (non-hydrogen) atoms. The van der Waals surface area contributed by atoms with Gasteiger partial charge in [0.25, 0.3) is 11.5 Å². The summed E-state index contributed by atoms with van der Waals surface area (Å²) in [6.45, 7) is 7.74. The van der Waals surface area contributed by atoms with Crippen LogP contribution in [0.15, 0.2) is 15.7 Å². The van der Waals surface area contributed by atoms with Gasteiger partial charge in [-0.1, -0.05) is 13.8 Å². The second-order valence-corrected chi connectivity index (χ2v) is 6.97. The maximum atomic E-state index is 12.9. The number of H-pyrrole nitrogens is 1. The maximum absolute atomic E-state index is 12.9. The summed E-state index contributed by atoms with van der Waals surface area (Å²) in [5.74, 6) is -0.248. The fraction of sp³-hybridized carbons (Fsp3) is 0.556. The molecule has 1 amide bonds. The lowest BCUT2D eigenvalue weighted by atomic mass is 10.0. The number of hydrogen-bond acceptors (Lipinski definition) is 5. The number of rotatable bonds is 4. The van der Waals surface area contributed by atoms with Crippen molar-refractivity contribution < 1.29 is 4.79 Å². The Bertz CT molecular complexity index is 949. The molecule has 1 aliphatic heterocycles. The van der Waals surface area contributed by atoms with Gasteiger partial charge in [0.1, 0.15) is 0 Å². The van der Waals surface area contributed by atoms with Gasteiger partial charge in [-0.05, 0) is 38.3 Å². The summed E-state index contributed by atoms with van der Waals surface area (Å²) in [7, 11) is 0. The van der Waals surface area contributed by atoms with Gasteiger partial charge in [0.05, 0.1) is 10.9 Å². The summed E-state index contributed by atoms with van der Waals surface area (Å²) in [5, 5.41) is 6.42. The molecule has 2 aromatic heterocycles. The Kier molecular flexibility index (Phi) is 8.66. The second kappa shape index (κ2) is 10.0. The number of nitrogens with zero attached hydrogens (tertiary/aromatic N) is 2. The summed E-state index contributed by atoms with van der Waals surface area (Å²) in [6, 6.07) is 1.69. The molecule has 0 aromatic carbocycles. The molecule has 1 saturated heterocycles. The molecule has 10 heteroatoms. The quantitative estimate of drug-likeness (QED) is 0.680. The molecular formula is C18H27Cl2N5O3. The molecule has 3 N–H and O–H groups in total. The lowest BCUT2D eigenvalue weighted by molar-refractivity contribution is 0.0932. The van der Waals surface area contributed by atoms with Crippen LogP contribution in [0.5, 0.6) is 0 Å². The zero-order chi connectivity index (χ0) is 18.8. The molecule has 1 fully saturated rings. The van der Waals surface area contributed by atoms with Gasteiger partial charge in [0.2, 0.25) is 0 Å². The van der Waals surface area contributed by atoms with Crippen LogP contribution < -0.4 is 21.9 Å². The van der Waals surface area contributed by atoms with E-state index in [1.807, 2.05) is 13.8 Å². The Morgan fingerprint density at radius 3 is 2.64 bits per heavy atom. The van der Waals surface area contributed by atoms with E-state index in [-0.39, 0.29) is 59.3 Å². The first-order chi connectivity index (χ1) is 12.4. The van der Waals surface area contributed by atoms with E-state index in [2.05, 4.69) is 20.6 Å². The summed E-state index contributed by atoms with van der Waals surface area (Å²) in [4.78, 5) is 44.3. The lowest BCUT2D eigenvalue weighted by Crippen LogP contribution is -2.46. The maximum Gasteiger partial charge on any atom is 0.329 e. The zero-order valence-corrected chi connectivity index (χ0v) is 17.8. The highest BCUT2D eigenvalue weighted by molar-refractivity contribution is 6.05. The zero-order valence-electron chi connectivity index (χ0n) is 16.2. The molecule has 0 radical (unpaired) electrons. The molecule has 3 heterocycles. The average molecular weight is 432 g/mol. The highest BCUT2D eigenvalue weighted by Crippen LogP contribution is 2.20. The summed E-state index contributed by atoms with van der Waals surface area (Å²) >= 11 is 0. The van der Waals surface area contributed by atoms with Crippen LogP contribution in [-0.2, 0) is 6.54 Å². The Morgan fingerprint density at radius 1 is 1.36 bits per heavy atom. The molecular weight excluding hydrogens is 405 g/mol. The molecule has 3 rings (SSSR count). The van der Waals surface area contributed by atoms with Crippen molar-refractivity contribution in [3.05, 3.63) is 38.2 Å². The number of aromatic nitrogens is 3. The summed E-state index contributed by atoms with van der Waals surface area (Å²) in [6.07, 6.45) is 1.89. The van der Waals surface area contributed by atoms with Crippen molar-refractivity contribution in [1.29, 1.82) is 0 Å². The van der Waals surface area contributed by atoms with Crippen molar-refractivity contribution in [2.75, 3.05) is 13.1 Å². The lowest BCUT2D eigenvalue weighted by Gasteiger charge is -2.24. The number of halogens is 2. The monoisotopic (exact) mass is 431 g/mol. The van der Waals surface area contributed by atoms with E-state index in [9.17, 15) is 14.4 Å². The molecule has 0 unspecified atom stereocenters. The van der Waals surface area contributed by atoms with Crippen LogP contribution >= 0.6 is 24.8 Å². The largest absolute Gasteiger partial charge is 0.348 e. The summed E-state index contributed by atoms with van der Waals surface area (Å²) < 4.78 is 1.39. The molecule has 1 aliphatic rings. The van der Waals surface area contributed by atoms with Crippen molar-refractivity contribution in [2.24, 2.45) is 0 Å². The van der Waals surface area contributed by atoms with Gasteiger partial charge in [-0.25, -0.2) is 9.78 Å². The predicted molar refractivity (Wildman–Crippen MR) is 114 cm³/mol. The third-order valence-corrected chi connectivity index (χ3v) is 4.75. The molecule has 2 aromatic rings. The number of carbonyl (C=O) groups is 1. The Hall–Kier alpha value is -1.90. The number of aryl methyl sites for hydroxylation is 1. The van der Waals surface area contributed by atoms with E-state index < -0.39 is 11.2 Å². The van der Waals surface area contributed by atoms with Crippen LogP contribution in [0.1, 0.15) is 55.6 Å². The number of piperidine rings is 1. The number of aromatic amines is 1. The molecule has 0 spiro atoms. The van der Waals surface area contributed by atoms with Crippen LogP contribution in [0.25, 0.3) is 11.0 Å². The highest BCUT2D eigenvalue weighted by atomic mass is 35.5. The van der Waals surface area contributed by atoms with Crippen LogP contribution in [0.4, 0.5) is 0 Å². The standard InChI is InChI=1S/C18H25N5O3.2ClH/c1-4-23-15-14(17(25)22-18(23)26)12(8-13(21-15)10(2)3)16(24)20-11-6-5-7-19-9-11;;/h8,10-11,19H,4-7,9H2,1-3H3,(H,20,24)(H,22,25,26);2*1H/t11-;;/m0../s1. The average Bonchev–Trinajstić information content (AvgIpc) is 2.61. The number of fused-ring (bicyclic) bond motifs is 1. The third-order valence-electron chi connectivity index (χ3n) is 4.75. The van der Waals surface area contributed by atoms with Crippen molar-refractivity contribution in [1.82, 2.24) is 25.2 Å². The van der Waals surface area contributed by atoms with Crippen molar-refractivity contribution in [2.45, 2.75) is 52.1 Å². The third kappa shape index (κ3) is 4.74. The fourth-order valence-corrected chi connectivity index (χ4v) is 3.30. The second-order valence-electron chi connectivity index (χ2n) is 6.97. The Morgan fingerprint density at radius 2 is 2.07 bits per heavy atom. The molecule has 156 valence electrons. The molecule has 0 saturated carbocycles. The van der Waals surface area contributed by atoms with Gasteiger partial charge >= 0.3 is 5.69 Å². The number of carbonyl (C=O) groups excluding carboxylic acids is 1.